The SMILES string of the molecule is CCNc1nc2ccccc2n1CCC(=O)O. The van der Waals surface area contributed by atoms with Crippen LogP contribution in [-0.2, 0) is 11.3 Å². The van der Waals surface area contributed by atoms with Gasteiger partial charge in [-0.2, -0.15) is 0 Å². The van der Waals surface area contributed by atoms with Gasteiger partial charge in [0.1, 0.15) is 0 Å². The Balaban J connectivity index is 2.40. The lowest BCUT2D eigenvalue weighted by atomic mass is 10.3. The molecule has 0 spiro atoms. The molecule has 0 bridgehead atoms. The smallest absolute Gasteiger partial charge is 0.305 e. The molecule has 17 heavy (non-hydrogen) atoms. The minimum atomic E-state index is -0.801. The average Bonchev–Trinajstić information content (AvgIpc) is 2.64. The van der Waals surface area contributed by atoms with Crippen molar-refractivity contribution in [3.8, 4) is 0 Å². The van der Waals surface area contributed by atoms with E-state index < -0.39 is 5.97 Å². The van der Waals surface area contributed by atoms with Gasteiger partial charge < -0.3 is 15.0 Å². The molecule has 0 amide bonds. The molecular formula is C12H15N3O2. The second-order valence-electron chi connectivity index (χ2n) is 3.75. The zero-order valence-corrected chi connectivity index (χ0v) is 9.68. The number of carboxylic acid groups (broad SMARTS) is 1. The van der Waals surface area contributed by atoms with Crippen LogP contribution in [0.5, 0.6) is 0 Å². The van der Waals surface area contributed by atoms with E-state index in [1.54, 1.807) is 0 Å². The summed E-state index contributed by atoms with van der Waals surface area (Å²) in [6.45, 7) is 3.18. The van der Waals surface area contributed by atoms with Gasteiger partial charge in [-0.25, -0.2) is 4.98 Å². The summed E-state index contributed by atoms with van der Waals surface area (Å²) >= 11 is 0. The van der Waals surface area contributed by atoms with E-state index >= 15 is 0 Å². The molecule has 2 rings (SSSR count). The van der Waals surface area contributed by atoms with Gasteiger partial charge in [0.2, 0.25) is 5.95 Å². The standard InChI is InChI=1S/C12H15N3O2/c1-2-13-12-14-9-5-3-4-6-10(9)15(12)8-7-11(16)17/h3-6H,2,7-8H2,1H3,(H,13,14)(H,16,17). The van der Waals surface area contributed by atoms with Crippen LogP contribution in [0.3, 0.4) is 0 Å². The second-order valence-corrected chi connectivity index (χ2v) is 3.75. The largest absolute Gasteiger partial charge is 0.481 e. The number of imidazole rings is 1. The molecule has 0 radical (unpaired) electrons. The lowest BCUT2D eigenvalue weighted by Crippen LogP contribution is -2.09. The van der Waals surface area contributed by atoms with E-state index in [0.29, 0.717) is 6.54 Å². The van der Waals surface area contributed by atoms with Crippen LogP contribution < -0.4 is 5.32 Å². The minimum Gasteiger partial charge on any atom is -0.481 e. The Labute approximate surface area is 99.1 Å². The van der Waals surface area contributed by atoms with Crippen LogP contribution in [0.1, 0.15) is 13.3 Å². The third-order valence-electron chi connectivity index (χ3n) is 2.54. The highest BCUT2D eigenvalue weighted by molar-refractivity contribution is 5.79. The van der Waals surface area contributed by atoms with Crippen molar-refractivity contribution in [3.63, 3.8) is 0 Å². The molecule has 5 heteroatoms. The van der Waals surface area contributed by atoms with Crippen LogP contribution in [0.25, 0.3) is 11.0 Å². The minimum absolute atomic E-state index is 0.0960. The third kappa shape index (κ3) is 2.38. The molecule has 0 saturated heterocycles. The predicted molar refractivity (Wildman–Crippen MR) is 66.1 cm³/mol. The maximum atomic E-state index is 10.6. The quantitative estimate of drug-likeness (QED) is 0.828. The van der Waals surface area contributed by atoms with Crippen molar-refractivity contribution in [2.75, 3.05) is 11.9 Å². The first kappa shape index (κ1) is 11.4. The van der Waals surface area contributed by atoms with Crippen molar-refractivity contribution in [3.05, 3.63) is 24.3 Å². The molecule has 0 fully saturated rings. The summed E-state index contributed by atoms with van der Waals surface area (Å²) < 4.78 is 1.91. The number of aromatic nitrogens is 2. The fourth-order valence-corrected chi connectivity index (χ4v) is 1.80. The fourth-order valence-electron chi connectivity index (χ4n) is 1.80. The number of nitrogens with zero attached hydrogens (tertiary/aromatic N) is 2. The number of benzene rings is 1. The zero-order valence-electron chi connectivity index (χ0n) is 9.68. The highest BCUT2D eigenvalue weighted by atomic mass is 16.4. The third-order valence-corrected chi connectivity index (χ3v) is 2.54. The summed E-state index contributed by atoms with van der Waals surface area (Å²) in [7, 11) is 0. The van der Waals surface area contributed by atoms with Gasteiger partial charge in [0, 0.05) is 13.1 Å². The highest BCUT2D eigenvalue weighted by Gasteiger charge is 2.10. The Hall–Kier alpha value is -2.04. The lowest BCUT2D eigenvalue weighted by Gasteiger charge is -2.07. The number of anilines is 1. The molecule has 0 aliphatic carbocycles. The van der Waals surface area contributed by atoms with Crippen molar-refractivity contribution in [1.82, 2.24) is 9.55 Å². The first-order valence-electron chi connectivity index (χ1n) is 5.63. The lowest BCUT2D eigenvalue weighted by molar-refractivity contribution is -0.137. The Bertz CT molecular complexity index is 534. The Morgan fingerprint density at radius 3 is 2.94 bits per heavy atom. The number of carboxylic acids is 1. The fraction of sp³-hybridized carbons (Fsp3) is 0.333. The second kappa shape index (κ2) is 4.86. The number of para-hydroxylation sites is 2. The summed E-state index contributed by atoms with van der Waals surface area (Å²) in [5, 5.41) is 11.9. The van der Waals surface area contributed by atoms with Gasteiger partial charge in [0.15, 0.2) is 0 Å². The molecule has 2 N–H and O–H groups in total. The van der Waals surface area contributed by atoms with Crippen LogP contribution >= 0.6 is 0 Å². The van der Waals surface area contributed by atoms with Crippen molar-refractivity contribution >= 4 is 23.0 Å². The Kier molecular flexibility index (Phi) is 3.27. The van der Waals surface area contributed by atoms with E-state index in [1.165, 1.54) is 0 Å². The van der Waals surface area contributed by atoms with E-state index in [-0.39, 0.29) is 6.42 Å². The van der Waals surface area contributed by atoms with Gasteiger partial charge in [0.05, 0.1) is 17.5 Å². The van der Waals surface area contributed by atoms with E-state index in [1.807, 2.05) is 35.8 Å². The monoisotopic (exact) mass is 233 g/mol. The molecule has 1 heterocycles. The topological polar surface area (TPSA) is 67.2 Å². The molecular weight excluding hydrogens is 218 g/mol. The van der Waals surface area contributed by atoms with Crippen molar-refractivity contribution in [1.29, 1.82) is 0 Å². The molecule has 0 saturated carbocycles. The molecule has 0 unspecified atom stereocenters. The maximum absolute atomic E-state index is 10.6. The summed E-state index contributed by atoms with van der Waals surface area (Å²) in [6.07, 6.45) is 0.0960. The van der Waals surface area contributed by atoms with Crippen LogP contribution in [0, 0.1) is 0 Å². The molecule has 1 aromatic carbocycles. The van der Waals surface area contributed by atoms with Crippen LogP contribution in [-0.4, -0.2) is 27.2 Å². The van der Waals surface area contributed by atoms with Gasteiger partial charge in [-0.05, 0) is 19.1 Å². The van der Waals surface area contributed by atoms with E-state index in [0.717, 1.165) is 23.5 Å². The Morgan fingerprint density at radius 1 is 1.47 bits per heavy atom. The van der Waals surface area contributed by atoms with Gasteiger partial charge in [-0.1, -0.05) is 12.1 Å². The number of nitrogens with one attached hydrogen (secondary N) is 1. The number of fused-ring (bicyclic) bond motifs is 1. The maximum Gasteiger partial charge on any atom is 0.305 e. The predicted octanol–water partition coefficient (Wildman–Crippen LogP) is 1.94. The molecule has 1 aromatic heterocycles. The first-order chi connectivity index (χ1) is 8.22. The summed E-state index contributed by atoms with van der Waals surface area (Å²) in [5.41, 5.74) is 1.85. The molecule has 0 aliphatic rings. The number of aliphatic carboxylic acids is 1. The van der Waals surface area contributed by atoms with Crippen LogP contribution in [0.4, 0.5) is 5.95 Å². The van der Waals surface area contributed by atoms with Gasteiger partial charge >= 0.3 is 5.97 Å². The van der Waals surface area contributed by atoms with Crippen molar-refractivity contribution in [2.24, 2.45) is 0 Å². The van der Waals surface area contributed by atoms with Gasteiger partial charge in [0.25, 0.3) is 0 Å². The normalized spacial score (nSPS) is 10.6. The van der Waals surface area contributed by atoms with Crippen molar-refractivity contribution in [2.45, 2.75) is 19.9 Å². The summed E-state index contributed by atoms with van der Waals surface area (Å²) in [4.78, 5) is 15.1. The molecule has 90 valence electrons. The highest BCUT2D eigenvalue weighted by Crippen LogP contribution is 2.19. The molecule has 0 aliphatic heterocycles. The number of hydrogen-bond donors (Lipinski definition) is 2. The molecule has 0 atom stereocenters. The molecule has 2 aromatic rings. The Morgan fingerprint density at radius 2 is 2.24 bits per heavy atom. The first-order valence-corrected chi connectivity index (χ1v) is 5.63. The summed E-state index contributed by atoms with van der Waals surface area (Å²) in [5.74, 6) is -0.0693. The number of hydrogen-bond acceptors (Lipinski definition) is 3. The number of rotatable bonds is 5. The van der Waals surface area contributed by atoms with Gasteiger partial charge in [-0.3, -0.25) is 4.79 Å². The van der Waals surface area contributed by atoms with Gasteiger partial charge in [-0.15, -0.1) is 0 Å². The number of aryl methyl sites for hydroxylation is 1. The average molecular weight is 233 g/mol. The van der Waals surface area contributed by atoms with Crippen molar-refractivity contribution < 1.29 is 9.90 Å². The van der Waals surface area contributed by atoms with Crippen LogP contribution in [0.2, 0.25) is 0 Å². The van der Waals surface area contributed by atoms with E-state index in [9.17, 15) is 4.79 Å². The zero-order chi connectivity index (χ0) is 12.3. The summed E-state index contributed by atoms with van der Waals surface area (Å²) in [6, 6.07) is 7.72. The molecule has 5 nitrogen and oxygen atoms in total. The number of carbonyl (C=O) groups is 1. The van der Waals surface area contributed by atoms with Crippen LogP contribution in [0.15, 0.2) is 24.3 Å². The van der Waals surface area contributed by atoms with E-state index in [4.69, 9.17) is 5.11 Å². The van der Waals surface area contributed by atoms with E-state index in [2.05, 4.69) is 10.3 Å².